The molecule has 1 aromatic carbocycles. The molecule has 0 saturated carbocycles. The minimum absolute atomic E-state index is 0.0324. The van der Waals surface area contributed by atoms with Crippen LogP contribution in [0.3, 0.4) is 0 Å². The van der Waals surface area contributed by atoms with Crippen molar-refractivity contribution in [3.05, 3.63) is 34.3 Å². The third-order valence-corrected chi connectivity index (χ3v) is 3.57. The summed E-state index contributed by atoms with van der Waals surface area (Å²) < 4.78 is 1.15. The van der Waals surface area contributed by atoms with Gasteiger partial charge < -0.3 is 16.8 Å². The summed E-state index contributed by atoms with van der Waals surface area (Å²) in [5.41, 5.74) is 12.6. The number of hydrogen-bond acceptors (Lipinski definition) is 3. The van der Waals surface area contributed by atoms with Gasteiger partial charge >= 0.3 is 0 Å². The first-order chi connectivity index (χ1) is 7.97. The molecule has 0 aliphatic rings. The predicted molar refractivity (Wildman–Crippen MR) is 77.1 cm³/mol. The number of benzene rings is 1. The van der Waals surface area contributed by atoms with Crippen LogP contribution in [0.5, 0.6) is 0 Å². The van der Waals surface area contributed by atoms with Gasteiger partial charge in [0, 0.05) is 35.6 Å². The van der Waals surface area contributed by atoms with Crippen LogP contribution in [-0.4, -0.2) is 25.7 Å². The summed E-state index contributed by atoms with van der Waals surface area (Å²) >= 11 is 3.59. The quantitative estimate of drug-likeness (QED) is 0.748. The lowest BCUT2D eigenvalue weighted by atomic mass is 9.84. The molecule has 0 aliphatic heterocycles. The van der Waals surface area contributed by atoms with Crippen molar-refractivity contribution in [1.82, 2.24) is 5.32 Å². The third-order valence-electron chi connectivity index (χ3n) is 2.88. The Balaban J connectivity index is 2.60. The zero-order valence-electron chi connectivity index (χ0n) is 10.5. The van der Waals surface area contributed by atoms with Gasteiger partial charge in [-0.15, -0.1) is 0 Å². The van der Waals surface area contributed by atoms with E-state index in [4.69, 9.17) is 11.5 Å². The van der Waals surface area contributed by atoms with Gasteiger partial charge in [-0.25, -0.2) is 0 Å². The van der Waals surface area contributed by atoms with Crippen molar-refractivity contribution in [2.75, 3.05) is 19.6 Å². The van der Waals surface area contributed by atoms with E-state index >= 15 is 0 Å². The van der Waals surface area contributed by atoms with Crippen molar-refractivity contribution < 1.29 is 0 Å². The minimum Gasteiger partial charge on any atom is -0.329 e. The summed E-state index contributed by atoms with van der Waals surface area (Å²) in [6.07, 6.45) is 0. The number of hydrogen-bond donors (Lipinski definition) is 3. The van der Waals surface area contributed by atoms with Crippen LogP contribution in [0.4, 0.5) is 0 Å². The molecule has 17 heavy (non-hydrogen) atoms. The fraction of sp³-hybridized carbons (Fsp3) is 0.538. The zero-order valence-corrected chi connectivity index (χ0v) is 12.1. The van der Waals surface area contributed by atoms with Crippen molar-refractivity contribution in [1.29, 1.82) is 0 Å². The summed E-state index contributed by atoms with van der Waals surface area (Å²) in [6.45, 7) is 6.58. The highest BCUT2D eigenvalue weighted by atomic mass is 79.9. The van der Waals surface area contributed by atoms with E-state index in [1.54, 1.807) is 0 Å². The first-order valence-electron chi connectivity index (χ1n) is 5.89. The van der Waals surface area contributed by atoms with Gasteiger partial charge in [0.05, 0.1) is 0 Å². The SMILES string of the molecule is CC(C)(CNCC(N)CN)c1ccccc1Br. The van der Waals surface area contributed by atoms with Crippen molar-refractivity contribution in [2.45, 2.75) is 25.3 Å². The highest BCUT2D eigenvalue weighted by Gasteiger charge is 2.22. The van der Waals surface area contributed by atoms with Crippen LogP contribution in [0, 0.1) is 0 Å². The summed E-state index contributed by atoms with van der Waals surface area (Å²) in [5, 5.41) is 3.38. The Morgan fingerprint density at radius 1 is 1.35 bits per heavy atom. The summed E-state index contributed by atoms with van der Waals surface area (Å²) in [7, 11) is 0. The monoisotopic (exact) mass is 299 g/mol. The van der Waals surface area contributed by atoms with Gasteiger partial charge in [-0.3, -0.25) is 0 Å². The predicted octanol–water partition coefficient (Wildman–Crippen LogP) is 1.60. The Kier molecular flexibility index (Phi) is 5.59. The van der Waals surface area contributed by atoms with E-state index in [0.717, 1.165) is 17.6 Å². The van der Waals surface area contributed by atoms with Crippen LogP contribution in [0.25, 0.3) is 0 Å². The molecule has 1 atom stereocenters. The highest BCUT2D eigenvalue weighted by molar-refractivity contribution is 9.10. The molecule has 0 saturated heterocycles. The lowest BCUT2D eigenvalue weighted by Crippen LogP contribution is -2.43. The van der Waals surface area contributed by atoms with Gasteiger partial charge in [0.25, 0.3) is 0 Å². The topological polar surface area (TPSA) is 64.1 Å². The highest BCUT2D eigenvalue weighted by Crippen LogP contribution is 2.29. The molecule has 1 aromatic rings. The molecule has 96 valence electrons. The van der Waals surface area contributed by atoms with Gasteiger partial charge in [-0.05, 0) is 11.6 Å². The second kappa shape index (κ2) is 6.50. The lowest BCUT2D eigenvalue weighted by molar-refractivity contribution is 0.452. The summed E-state index contributed by atoms with van der Waals surface area (Å²) in [4.78, 5) is 0. The maximum absolute atomic E-state index is 5.77. The number of nitrogens with two attached hydrogens (primary N) is 2. The molecule has 1 unspecified atom stereocenters. The first-order valence-corrected chi connectivity index (χ1v) is 6.68. The lowest BCUT2D eigenvalue weighted by Gasteiger charge is -2.27. The van der Waals surface area contributed by atoms with Crippen LogP contribution in [0.1, 0.15) is 19.4 Å². The molecule has 0 amide bonds. The van der Waals surface area contributed by atoms with Crippen LogP contribution in [-0.2, 0) is 5.41 Å². The molecule has 0 fully saturated rings. The van der Waals surface area contributed by atoms with E-state index in [2.05, 4.69) is 53.3 Å². The van der Waals surface area contributed by atoms with Crippen LogP contribution < -0.4 is 16.8 Å². The molecular weight excluding hydrogens is 278 g/mol. The Labute approximate surface area is 112 Å². The smallest absolute Gasteiger partial charge is 0.0290 e. The second-order valence-electron chi connectivity index (χ2n) is 4.99. The van der Waals surface area contributed by atoms with E-state index < -0.39 is 0 Å². The first kappa shape index (κ1) is 14.6. The van der Waals surface area contributed by atoms with E-state index in [9.17, 15) is 0 Å². The molecule has 4 heteroatoms. The Hall–Kier alpha value is -0.420. The van der Waals surface area contributed by atoms with E-state index in [1.165, 1.54) is 5.56 Å². The molecule has 0 aromatic heterocycles. The van der Waals surface area contributed by atoms with E-state index in [0.29, 0.717) is 6.54 Å². The van der Waals surface area contributed by atoms with Crippen LogP contribution in [0.15, 0.2) is 28.7 Å². The Morgan fingerprint density at radius 3 is 2.59 bits per heavy atom. The summed E-state index contributed by atoms with van der Waals surface area (Å²) in [5.74, 6) is 0. The molecule has 0 spiro atoms. The number of nitrogens with one attached hydrogen (secondary N) is 1. The standard InChI is InChI=1S/C13H22BrN3/c1-13(2,9-17-8-10(16)7-15)11-5-3-4-6-12(11)14/h3-6,10,17H,7-9,15-16H2,1-2H3. The van der Waals surface area contributed by atoms with Gasteiger partial charge in [-0.2, -0.15) is 0 Å². The van der Waals surface area contributed by atoms with E-state index in [-0.39, 0.29) is 11.5 Å². The Bertz CT molecular complexity index is 352. The van der Waals surface area contributed by atoms with Crippen LogP contribution in [0.2, 0.25) is 0 Å². The van der Waals surface area contributed by atoms with Gasteiger partial charge in [0.15, 0.2) is 0 Å². The van der Waals surface area contributed by atoms with Crippen molar-refractivity contribution in [3.63, 3.8) is 0 Å². The van der Waals surface area contributed by atoms with Crippen molar-refractivity contribution >= 4 is 15.9 Å². The summed E-state index contributed by atoms with van der Waals surface area (Å²) in [6, 6.07) is 8.34. The largest absolute Gasteiger partial charge is 0.329 e. The fourth-order valence-corrected chi connectivity index (χ4v) is 2.58. The number of rotatable bonds is 6. The normalized spacial score (nSPS) is 13.7. The van der Waals surface area contributed by atoms with Crippen LogP contribution >= 0.6 is 15.9 Å². The molecule has 0 radical (unpaired) electrons. The van der Waals surface area contributed by atoms with Gasteiger partial charge in [0.1, 0.15) is 0 Å². The molecular formula is C13H22BrN3. The Morgan fingerprint density at radius 2 is 2.00 bits per heavy atom. The van der Waals surface area contributed by atoms with Crippen molar-refractivity contribution in [2.24, 2.45) is 11.5 Å². The van der Waals surface area contributed by atoms with Crippen molar-refractivity contribution in [3.8, 4) is 0 Å². The fourth-order valence-electron chi connectivity index (χ4n) is 1.76. The molecule has 1 rings (SSSR count). The zero-order chi connectivity index (χ0) is 12.9. The molecule has 0 aliphatic carbocycles. The van der Waals surface area contributed by atoms with E-state index in [1.807, 2.05) is 6.07 Å². The molecule has 0 heterocycles. The molecule has 5 N–H and O–H groups in total. The molecule has 0 bridgehead atoms. The average molecular weight is 300 g/mol. The van der Waals surface area contributed by atoms with Gasteiger partial charge in [-0.1, -0.05) is 48.0 Å². The minimum atomic E-state index is 0.0324. The number of halogens is 1. The maximum Gasteiger partial charge on any atom is 0.0290 e. The maximum atomic E-state index is 5.77. The third kappa shape index (κ3) is 4.39. The molecule has 3 nitrogen and oxygen atoms in total. The average Bonchev–Trinajstić information content (AvgIpc) is 2.28. The second-order valence-corrected chi connectivity index (χ2v) is 5.84. The van der Waals surface area contributed by atoms with Gasteiger partial charge in [0.2, 0.25) is 0 Å².